The molecular weight excluding hydrogens is 426 g/mol. The Bertz CT molecular complexity index is 1120. The lowest BCUT2D eigenvalue weighted by Crippen LogP contribution is -2.43. The number of benzene rings is 1. The molecule has 2 aromatic rings. The Labute approximate surface area is 183 Å². The molecule has 0 aliphatic rings. The van der Waals surface area contributed by atoms with E-state index in [-0.39, 0.29) is 36.9 Å². The van der Waals surface area contributed by atoms with E-state index in [0.717, 1.165) is 9.13 Å². The largest absolute Gasteiger partial charge is 0.457 e. The molecule has 0 aliphatic carbocycles. The molecule has 166 valence electrons. The maximum Gasteiger partial charge on any atom is 0.332 e. The van der Waals surface area contributed by atoms with Gasteiger partial charge in [0.05, 0.1) is 6.42 Å². The smallest absolute Gasteiger partial charge is 0.332 e. The minimum Gasteiger partial charge on any atom is -0.457 e. The van der Waals surface area contributed by atoms with E-state index in [0.29, 0.717) is 10.6 Å². The number of halogens is 1. The van der Waals surface area contributed by atoms with Crippen molar-refractivity contribution in [2.45, 2.75) is 33.2 Å². The van der Waals surface area contributed by atoms with E-state index < -0.39 is 35.2 Å². The molecule has 10 heteroatoms. The summed E-state index contributed by atoms with van der Waals surface area (Å²) in [5, 5.41) is 0.486. The number of carbonyl (C=O) groups is 3. The predicted octanol–water partition coefficient (Wildman–Crippen LogP) is 1.83. The number of nitrogens with zero attached hydrogens (tertiary/aromatic N) is 2. The van der Waals surface area contributed by atoms with Gasteiger partial charge in [-0.3, -0.25) is 28.3 Å². The molecule has 31 heavy (non-hydrogen) atoms. The highest BCUT2D eigenvalue weighted by Crippen LogP contribution is 2.13. The lowest BCUT2D eigenvalue weighted by atomic mass is 10.1. The Balaban J connectivity index is 2.05. The molecule has 0 spiro atoms. The van der Waals surface area contributed by atoms with Crippen LogP contribution in [0.25, 0.3) is 0 Å². The molecule has 1 aromatic heterocycles. The van der Waals surface area contributed by atoms with Gasteiger partial charge in [-0.05, 0) is 30.2 Å². The van der Waals surface area contributed by atoms with Crippen LogP contribution < -0.4 is 17.0 Å². The minimum atomic E-state index is -0.860. The van der Waals surface area contributed by atoms with Gasteiger partial charge in [0.2, 0.25) is 5.78 Å². The van der Waals surface area contributed by atoms with Crippen LogP contribution in [0.15, 0.2) is 33.9 Å². The molecule has 0 amide bonds. The van der Waals surface area contributed by atoms with E-state index in [1.54, 1.807) is 24.3 Å². The summed E-state index contributed by atoms with van der Waals surface area (Å²) < 4.78 is 6.85. The first kappa shape index (κ1) is 24.1. The molecule has 0 atom stereocenters. The third-order valence-corrected chi connectivity index (χ3v) is 4.75. The highest BCUT2D eigenvalue weighted by atomic mass is 35.5. The summed E-state index contributed by atoms with van der Waals surface area (Å²) >= 11 is 5.77. The topological polar surface area (TPSA) is 130 Å². The summed E-state index contributed by atoms with van der Waals surface area (Å²) in [6, 6.07) is 6.22. The summed E-state index contributed by atoms with van der Waals surface area (Å²) in [4.78, 5) is 61.2. The molecule has 0 bridgehead atoms. The summed E-state index contributed by atoms with van der Waals surface area (Å²) in [5.41, 5.74) is 4.41. The molecule has 0 saturated heterocycles. The molecule has 0 aliphatic heterocycles. The van der Waals surface area contributed by atoms with Crippen molar-refractivity contribution in [1.29, 1.82) is 0 Å². The maximum atomic E-state index is 12.5. The lowest BCUT2D eigenvalue weighted by molar-refractivity contribution is -0.142. The van der Waals surface area contributed by atoms with Crippen LogP contribution in [0.2, 0.25) is 5.02 Å². The monoisotopic (exact) mass is 449 g/mol. The van der Waals surface area contributed by atoms with Crippen molar-refractivity contribution >= 4 is 35.0 Å². The number of esters is 1. The number of hydrogen-bond acceptors (Lipinski definition) is 7. The number of hydrogen-bond donors (Lipinski definition) is 1. The summed E-state index contributed by atoms with van der Waals surface area (Å²) in [7, 11) is 1.24. The first-order valence-corrected chi connectivity index (χ1v) is 9.97. The van der Waals surface area contributed by atoms with Gasteiger partial charge in [0.25, 0.3) is 5.56 Å². The minimum absolute atomic E-state index is 0.0384. The van der Waals surface area contributed by atoms with Gasteiger partial charge < -0.3 is 10.5 Å². The average molecular weight is 450 g/mol. The highest BCUT2D eigenvalue weighted by molar-refractivity contribution is 6.30. The average Bonchev–Trinajstić information content (AvgIpc) is 2.72. The van der Waals surface area contributed by atoms with Gasteiger partial charge in [-0.25, -0.2) is 4.79 Å². The number of anilines is 1. The summed E-state index contributed by atoms with van der Waals surface area (Å²) in [6.45, 7) is 3.19. The van der Waals surface area contributed by atoms with Crippen LogP contribution in [0.4, 0.5) is 5.82 Å². The van der Waals surface area contributed by atoms with Crippen molar-refractivity contribution in [3.05, 3.63) is 61.3 Å². The number of ether oxygens (including phenoxy) is 1. The quantitative estimate of drug-likeness (QED) is 0.456. The van der Waals surface area contributed by atoms with Crippen LogP contribution in [-0.2, 0) is 23.1 Å². The van der Waals surface area contributed by atoms with Crippen LogP contribution in [-0.4, -0.2) is 33.3 Å². The lowest BCUT2D eigenvalue weighted by Gasteiger charge is -2.16. The number of carbonyl (C=O) groups excluding carboxylic acids is 3. The van der Waals surface area contributed by atoms with Gasteiger partial charge in [0.15, 0.2) is 12.4 Å². The van der Waals surface area contributed by atoms with Gasteiger partial charge in [0.1, 0.15) is 11.4 Å². The van der Waals surface area contributed by atoms with E-state index in [9.17, 15) is 24.0 Å². The molecule has 2 rings (SSSR count). The number of nitrogen functional groups attached to an aromatic ring is 1. The predicted molar refractivity (Wildman–Crippen MR) is 115 cm³/mol. The maximum absolute atomic E-state index is 12.5. The fourth-order valence-corrected chi connectivity index (χ4v) is 3.00. The van der Waals surface area contributed by atoms with Gasteiger partial charge in [0, 0.05) is 30.6 Å². The molecule has 2 N–H and O–H groups in total. The van der Waals surface area contributed by atoms with Crippen molar-refractivity contribution in [2.75, 3.05) is 12.3 Å². The van der Waals surface area contributed by atoms with Crippen LogP contribution in [0.3, 0.4) is 0 Å². The van der Waals surface area contributed by atoms with Crippen molar-refractivity contribution < 1.29 is 19.1 Å². The number of ketones is 2. The van der Waals surface area contributed by atoms with Crippen LogP contribution in [0.5, 0.6) is 0 Å². The number of aromatic nitrogens is 2. The molecular formula is C21H24ClN3O6. The van der Waals surface area contributed by atoms with E-state index >= 15 is 0 Å². The number of rotatable bonds is 9. The molecule has 1 aromatic carbocycles. The second-order valence-corrected chi connectivity index (χ2v) is 7.86. The molecule has 0 saturated carbocycles. The SMILES string of the molecule is CC(C)Cn1c(N)c(C(=O)COC(=O)CCC(=O)c2ccc(Cl)cc2)c(=O)n(C)c1=O. The van der Waals surface area contributed by atoms with Gasteiger partial charge in [-0.2, -0.15) is 0 Å². The van der Waals surface area contributed by atoms with Crippen molar-refractivity contribution in [1.82, 2.24) is 9.13 Å². The van der Waals surface area contributed by atoms with Crippen LogP contribution >= 0.6 is 11.6 Å². The normalized spacial score (nSPS) is 10.9. The number of Topliss-reactive ketones (excluding diaryl/α,β-unsaturated/α-hetero) is 2. The first-order valence-electron chi connectivity index (χ1n) is 9.59. The second kappa shape index (κ2) is 10.2. The van der Waals surface area contributed by atoms with E-state index in [2.05, 4.69) is 0 Å². The Kier molecular flexibility index (Phi) is 7.93. The van der Waals surface area contributed by atoms with Crippen molar-refractivity contribution in [3.63, 3.8) is 0 Å². The second-order valence-electron chi connectivity index (χ2n) is 7.43. The van der Waals surface area contributed by atoms with Crippen molar-refractivity contribution in [2.24, 2.45) is 13.0 Å². The molecule has 0 unspecified atom stereocenters. The Hall–Kier alpha value is -3.20. The summed E-state index contributed by atoms with van der Waals surface area (Å²) in [5.74, 6) is -2.11. The van der Waals surface area contributed by atoms with Gasteiger partial charge in [-0.1, -0.05) is 25.4 Å². The van der Waals surface area contributed by atoms with E-state index in [1.165, 1.54) is 7.05 Å². The molecule has 0 radical (unpaired) electrons. The van der Waals surface area contributed by atoms with E-state index in [1.807, 2.05) is 13.8 Å². The Morgan fingerprint density at radius 1 is 1.06 bits per heavy atom. The zero-order valence-electron chi connectivity index (χ0n) is 17.5. The van der Waals surface area contributed by atoms with Gasteiger partial charge >= 0.3 is 11.7 Å². The van der Waals surface area contributed by atoms with Crippen LogP contribution in [0.1, 0.15) is 47.4 Å². The first-order chi connectivity index (χ1) is 14.5. The number of nitrogens with two attached hydrogens (primary N) is 1. The van der Waals surface area contributed by atoms with Crippen molar-refractivity contribution in [3.8, 4) is 0 Å². The zero-order valence-corrected chi connectivity index (χ0v) is 18.3. The fourth-order valence-electron chi connectivity index (χ4n) is 2.87. The molecule has 0 fully saturated rings. The van der Waals surface area contributed by atoms with E-state index in [4.69, 9.17) is 22.1 Å². The Morgan fingerprint density at radius 3 is 2.26 bits per heavy atom. The third kappa shape index (κ3) is 5.91. The van der Waals surface area contributed by atoms with Gasteiger partial charge in [-0.15, -0.1) is 0 Å². The Morgan fingerprint density at radius 2 is 1.68 bits per heavy atom. The summed E-state index contributed by atoms with van der Waals surface area (Å²) in [6.07, 6.45) is -0.354. The fraction of sp³-hybridized carbons (Fsp3) is 0.381. The standard InChI is InChI=1S/C21H24ClN3O6/c1-12(2)10-25-19(23)18(20(29)24(3)21(25)30)16(27)11-31-17(28)9-8-15(26)13-4-6-14(22)7-5-13/h4-7,12H,8-11,23H2,1-3H3. The highest BCUT2D eigenvalue weighted by Gasteiger charge is 2.23. The molecule has 1 heterocycles. The van der Waals surface area contributed by atoms with Crippen LogP contribution in [0, 0.1) is 5.92 Å². The third-order valence-electron chi connectivity index (χ3n) is 4.50. The molecule has 9 nitrogen and oxygen atoms in total. The zero-order chi connectivity index (χ0) is 23.3.